The minimum absolute atomic E-state index is 0.319. The molecule has 198 valence electrons. The number of nitrogens with zero attached hydrogens (tertiary/aromatic N) is 1. The van der Waals surface area contributed by atoms with Crippen molar-refractivity contribution in [3.63, 3.8) is 0 Å². The van der Waals surface area contributed by atoms with Gasteiger partial charge in [-0.2, -0.15) is 0 Å². The highest BCUT2D eigenvalue weighted by Crippen LogP contribution is 2.56. The van der Waals surface area contributed by atoms with Crippen molar-refractivity contribution < 1.29 is 14.3 Å². The molecule has 0 bridgehead atoms. The summed E-state index contributed by atoms with van der Waals surface area (Å²) < 4.78 is 12.9. The molecular weight excluding hydrogens is 484 g/mol. The second-order valence-corrected chi connectivity index (χ2v) is 10.8. The Balaban J connectivity index is 1.53. The zero-order valence-corrected chi connectivity index (χ0v) is 22.7. The highest BCUT2D eigenvalue weighted by atomic mass is 16.6. The maximum atomic E-state index is 13.2. The van der Waals surface area contributed by atoms with Gasteiger partial charge in [0.05, 0.1) is 5.56 Å². The third kappa shape index (κ3) is 4.47. The van der Waals surface area contributed by atoms with Crippen LogP contribution in [0.1, 0.15) is 59.8 Å². The Hall–Kier alpha value is -4.09. The van der Waals surface area contributed by atoms with Gasteiger partial charge in [0.25, 0.3) is 0 Å². The average Bonchev–Trinajstić information content (AvgIpc) is 3.25. The third-order valence-corrected chi connectivity index (χ3v) is 7.76. The molecule has 6 rings (SSSR count). The summed E-state index contributed by atoms with van der Waals surface area (Å²) in [6.45, 7) is 9.49. The Labute approximate surface area is 230 Å². The molecule has 2 heterocycles. The maximum absolute atomic E-state index is 13.2. The molecule has 5 nitrogen and oxygen atoms in total. The highest BCUT2D eigenvalue weighted by Gasteiger charge is 2.53. The maximum Gasteiger partial charge on any atom is 0.340 e. The Bertz CT molecular complexity index is 1510. The number of nitrogens with one attached hydrogen (secondary N) is 1. The first-order chi connectivity index (χ1) is 19.0. The van der Waals surface area contributed by atoms with E-state index in [1.165, 1.54) is 0 Å². The number of esters is 1. The molecule has 0 saturated carbocycles. The first-order valence-corrected chi connectivity index (χ1v) is 13.8. The number of fused-ring (bicyclic) bond motifs is 6. The van der Waals surface area contributed by atoms with Crippen LogP contribution in [0.25, 0.3) is 0 Å². The second-order valence-electron chi connectivity index (χ2n) is 10.8. The molecule has 4 aromatic rings. The molecule has 0 amide bonds. The molecule has 5 heteroatoms. The third-order valence-electron chi connectivity index (χ3n) is 7.76. The first-order valence-electron chi connectivity index (χ1n) is 13.8. The molecule has 0 aliphatic carbocycles. The number of rotatable bonds is 8. The fourth-order valence-corrected chi connectivity index (χ4v) is 5.66. The lowest BCUT2D eigenvalue weighted by Gasteiger charge is -2.37. The van der Waals surface area contributed by atoms with Gasteiger partial charge in [-0.05, 0) is 67.4 Å². The lowest BCUT2D eigenvalue weighted by atomic mass is 9.77. The van der Waals surface area contributed by atoms with Crippen LogP contribution in [0, 0.1) is 5.92 Å². The molecule has 2 aliphatic rings. The summed E-state index contributed by atoms with van der Waals surface area (Å²) in [6.07, 6.45) is 1.14. The summed E-state index contributed by atoms with van der Waals surface area (Å²) in [5.41, 5.74) is 5.13. The minimum atomic E-state index is -1.08. The van der Waals surface area contributed by atoms with E-state index in [1.807, 2.05) is 66.7 Å². The highest BCUT2D eigenvalue weighted by molar-refractivity contribution is 5.97. The molecule has 1 unspecified atom stereocenters. The number of para-hydroxylation sites is 2. The summed E-state index contributed by atoms with van der Waals surface area (Å²) >= 11 is 0. The molecule has 0 aromatic heterocycles. The van der Waals surface area contributed by atoms with Crippen molar-refractivity contribution in [1.29, 1.82) is 0 Å². The molecule has 1 N–H and O–H groups in total. The quantitative estimate of drug-likeness (QED) is 0.241. The van der Waals surface area contributed by atoms with Crippen LogP contribution in [0.4, 0.5) is 11.4 Å². The SMILES string of the molecule is CCN(CCC(C)C)Cc1cc2c(cc1Nc1ccccc1)C1(OC(=O)c3ccccc31)c1ccccc1O2. The number of anilines is 2. The molecule has 39 heavy (non-hydrogen) atoms. The smallest absolute Gasteiger partial charge is 0.340 e. The van der Waals surface area contributed by atoms with Gasteiger partial charge in [0, 0.05) is 34.6 Å². The molecule has 1 spiro atoms. The van der Waals surface area contributed by atoms with E-state index in [9.17, 15) is 4.79 Å². The van der Waals surface area contributed by atoms with Crippen molar-refractivity contribution in [1.82, 2.24) is 4.90 Å². The predicted octanol–water partition coefficient (Wildman–Crippen LogP) is 7.87. The van der Waals surface area contributed by atoms with Crippen molar-refractivity contribution in [2.45, 2.75) is 39.3 Å². The first kappa shape index (κ1) is 25.2. The Morgan fingerprint density at radius 3 is 2.33 bits per heavy atom. The molecule has 0 saturated heterocycles. The lowest BCUT2D eigenvalue weighted by Crippen LogP contribution is -2.33. The van der Waals surface area contributed by atoms with E-state index >= 15 is 0 Å². The second kappa shape index (κ2) is 10.2. The van der Waals surface area contributed by atoms with E-state index in [2.05, 4.69) is 55.3 Å². The van der Waals surface area contributed by atoms with Crippen LogP contribution in [0.3, 0.4) is 0 Å². The summed E-state index contributed by atoms with van der Waals surface area (Å²) in [4.78, 5) is 15.7. The van der Waals surface area contributed by atoms with Gasteiger partial charge in [-0.1, -0.05) is 75.4 Å². The number of ether oxygens (including phenoxy) is 2. The normalized spacial score (nSPS) is 17.0. The van der Waals surface area contributed by atoms with E-state index in [0.29, 0.717) is 23.0 Å². The van der Waals surface area contributed by atoms with Crippen LogP contribution in [0.15, 0.2) is 91.0 Å². The molecule has 2 aliphatic heterocycles. The van der Waals surface area contributed by atoms with E-state index in [0.717, 1.165) is 59.7 Å². The van der Waals surface area contributed by atoms with E-state index in [-0.39, 0.29) is 5.97 Å². The van der Waals surface area contributed by atoms with Crippen molar-refractivity contribution in [3.8, 4) is 11.5 Å². The fraction of sp³-hybridized carbons (Fsp3) is 0.265. The number of carbonyl (C=O) groups is 1. The van der Waals surface area contributed by atoms with Gasteiger partial charge in [-0.25, -0.2) is 4.79 Å². The van der Waals surface area contributed by atoms with Gasteiger partial charge in [-0.3, -0.25) is 4.90 Å². The summed E-state index contributed by atoms with van der Waals surface area (Å²) in [6, 6.07) is 30.0. The van der Waals surface area contributed by atoms with Crippen LogP contribution in [0.5, 0.6) is 11.5 Å². The Morgan fingerprint density at radius 2 is 1.56 bits per heavy atom. The fourth-order valence-electron chi connectivity index (χ4n) is 5.66. The van der Waals surface area contributed by atoms with E-state index in [1.54, 1.807) is 0 Å². The Kier molecular flexibility index (Phi) is 6.61. The van der Waals surface area contributed by atoms with Gasteiger partial charge >= 0.3 is 5.97 Å². The van der Waals surface area contributed by atoms with Crippen molar-refractivity contribution in [3.05, 3.63) is 119 Å². The topological polar surface area (TPSA) is 50.8 Å². The van der Waals surface area contributed by atoms with Crippen LogP contribution < -0.4 is 10.1 Å². The largest absolute Gasteiger partial charge is 0.456 e. The monoisotopic (exact) mass is 518 g/mol. The van der Waals surface area contributed by atoms with E-state index in [4.69, 9.17) is 9.47 Å². The summed E-state index contributed by atoms with van der Waals surface area (Å²) in [5.74, 6) is 1.74. The molecule has 1 atom stereocenters. The van der Waals surface area contributed by atoms with Gasteiger partial charge in [0.15, 0.2) is 5.60 Å². The molecule has 4 aromatic carbocycles. The lowest BCUT2D eigenvalue weighted by molar-refractivity contribution is 0.0224. The zero-order chi connectivity index (χ0) is 27.0. The Morgan fingerprint density at radius 1 is 0.846 bits per heavy atom. The van der Waals surface area contributed by atoms with Crippen LogP contribution in [-0.2, 0) is 16.9 Å². The van der Waals surface area contributed by atoms with Crippen molar-refractivity contribution in [2.24, 2.45) is 5.92 Å². The molecular formula is C34H34N2O3. The summed E-state index contributed by atoms with van der Waals surface area (Å²) in [5, 5.41) is 3.66. The molecule has 0 fully saturated rings. The van der Waals surface area contributed by atoms with Gasteiger partial charge in [-0.15, -0.1) is 0 Å². The van der Waals surface area contributed by atoms with Gasteiger partial charge in [0.1, 0.15) is 11.5 Å². The van der Waals surface area contributed by atoms with E-state index < -0.39 is 5.60 Å². The number of hydrogen-bond acceptors (Lipinski definition) is 5. The molecule has 0 radical (unpaired) electrons. The zero-order valence-electron chi connectivity index (χ0n) is 22.7. The van der Waals surface area contributed by atoms with Crippen LogP contribution in [0.2, 0.25) is 0 Å². The summed E-state index contributed by atoms with van der Waals surface area (Å²) in [7, 11) is 0. The van der Waals surface area contributed by atoms with Gasteiger partial charge in [0.2, 0.25) is 0 Å². The number of carbonyl (C=O) groups excluding carboxylic acids is 1. The van der Waals surface area contributed by atoms with Gasteiger partial charge < -0.3 is 14.8 Å². The number of benzene rings is 4. The minimum Gasteiger partial charge on any atom is -0.456 e. The average molecular weight is 519 g/mol. The predicted molar refractivity (Wildman–Crippen MR) is 155 cm³/mol. The van der Waals surface area contributed by atoms with Crippen molar-refractivity contribution >= 4 is 17.3 Å². The van der Waals surface area contributed by atoms with Crippen molar-refractivity contribution in [2.75, 3.05) is 18.4 Å². The standard InChI is InChI=1S/C34H34N2O3/c1-4-36(19-18-23(2)3)22-24-20-32-29(21-30(24)35-25-12-6-5-7-13-25)34(28-16-10-11-17-31(28)38-32)27-15-9-8-14-26(27)33(37)39-34/h5-17,20-21,23,35H,4,18-19,22H2,1-3H3. The number of hydrogen-bond donors (Lipinski definition) is 1. The van der Waals surface area contributed by atoms with Crippen LogP contribution in [-0.4, -0.2) is 24.0 Å². The van der Waals surface area contributed by atoms with Crippen LogP contribution >= 0.6 is 0 Å².